The second kappa shape index (κ2) is 5.54. The third-order valence-corrected chi connectivity index (χ3v) is 3.77. The standard InChI is InChI=1S/C13H14F2N2S/c1-2-3-11-12(7-16)18-13(17-11)9-5-4-8(14)6-10(9)15/h4-6H,2-3,7,16H2,1H3. The molecule has 1 aromatic heterocycles. The summed E-state index contributed by atoms with van der Waals surface area (Å²) in [6, 6.07) is 3.53. The number of nitrogens with zero attached hydrogens (tertiary/aromatic N) is 1. The van der Waals surface area contributed by atoms with Gasteiger partial charge in [0.1, 0.15) is 16.6 Å². The molecule has 0 radical (unpaired) electrons. The number of halogens is 2. The minimum Gasteiger partial charge on any atom is -0.326 e. The summed E-state index contributed by atoms with van der Waals surface area (Å²) in [6.07, 6.45) is 1.79. The van der Waals surface area contributed by atoms with Crippen molar-refractivity contribution in [3.05, 3.63) is 40.4 Å². The summed E-state index contributed by atoms with van der Waals surface area (Å²) < 4.78 is 26.5. The van der Waals surface area contributed by atoms with Crippen LogP contribution in [0.25, 0.3) is 10.6 Å². The Hall–Kier alpha value is -1.33. The van der Waals surface area contributed by atoms with Gasteiger partial charge in [0.15, 0.2) is 0 Å². The van der Waals surface area contributed by atoms with Gasteiger partial charge in [0, 0.05) is 23.1 Å². The van der Waals surface area contributed by atoms with Crippen molar-refractivity contribution in [3.63, 3.8) is 0 Å². The maximum atomic E-state index is 13.7. The van der Waals surface area contributed by atoms with Crippen LogP contribution >= 0.6 is 11.3 Å². The highest BCUT2D eigenvalue weighted by Gasteiger charge is 2.14. The molecular weight excluding hydrogens is 254 g/mol. The van der Waals surface area contributed by atoms with Crippen molar-refractivity contribution >= 4 is 11.3 Å². The zero-order valence-corrected chi connectivity index (χ0v) is 10.9. The Labute approximate surface area is 108 Å². The summed E-state index contributed by atoms with van der Waals surface area (Å²) in [5.41, 5.74) is 6.90. The zero-order valence-electron chi connectivity index (χ0n) is 10.0. The molecule has 1 heterocycles. The van der Waals surface area contributed by atoms with Crippen LogP contribution in [0.3, 0.4) is 0 Å². The molecule has 96 valence electrons. The second-order valence-corrected chi connectivity index (χ2v) is 5.05. The van der Waals surface area contributed by atoms with E-state index < -0.39 is 11.6 Å². The normalized spacial score (nSPS) is 10.9. The quantitative estimate of drug-likeness (QED) is 0.921. The van der Waals surface area contributed by atoms with E-state index in [0.717, 1.165) is 29.5 Å². The number of hydrogen-bond acceptors (Lipinski definition) is 3. The van der Waals surface area contributed by atoms with Crippen LogP contribution in [-0.4, -0.2) is 4.98 Å². The van der Waals surface area contributed by atoms with Crippen LogP contribution in [0.4, 0.5) is 8.78 Å². The maximum absolute atomic E-state index is 13.7. The fraction of sp³-hybridized carbons (Fsp3) is 0.308. The summed E-state index contributed by atoms with van der Waals surface area (Å²) in [5.74, 6) is -1.17. The molecule has 0 saturated heterocycles. The molecule has 0 fully saturated rings. The molecule has 0 bridgehead atoms. The fourth-order valence-electron chi connectivity index (χ4n) is 1.75. The number of aromatic nitrogens is 1. The highest BCUT2D eigenvalue weighted by Crippen LogP contribution is 2.30. The second-order valence-electron chi connectivity index (χ2n) is 3.97. The molecule has 0 amide bonds. The van der Waals surface area contributed by atoms with Crippen molar-refractivity contribution < 1.29 is 8.78 Å². The number of thiazole rings is 1. The zero-order chi connectivity index (χ0) is 13.1. The first kappa shape index (κ1) is 13.1. The molecule has 2 N–H and O–H groups in total. The number of hydrogen-bond donors (Lipinski definition) is 1. The van der Waals surface area contributed by atoms with Crippen LogP contribution in [0.15, 0.2) is 18.2 Å². The summed E-state index contributed by atoms with van der Waals surface area (Å²) in [6.45, 7) is 2.45. The van der Waals surface area contributed by atoms with Crippen LogP contribution in [0, 0.1) is 11.6 Å². The summed E-state index contributed by atoms with van der Waals surface area (Å²) >= 11 is 1.37. The van der Waals surface area contributed by atoms with E-state index in [2.05, 4.69) is 11.9 Å². The van der Waals surface area contributed by atoms with Gasteiger partial charge >= 0.3 is 0 Å². The van der Waals surface area contributed by atoms with Crippen molar-refractivity contribution in [2.24, 2.45) is 5.73 Å². The first-order valence-corrected chi connectivity index (χ1v) is 6.61. The van der Waals surface area contributed by atoms with Gasteiger partial charge in [-0.1, -0.05) is 13.3 Å². The molecule has 18 heavy (non-hydrogen) atoms. The van der Waals surface area contributed by atoms with Crippen LogP contribution in [-0.2, 0) is 13.0 Å². The van der Waals surface area contributed by atoms with Crippen molar-refractivity contribution in [2.75, 3.05) is 0 Å². The molecule has 1 aromatic carbocycles. The number of nitrogens with two attached hydrogens (primary N) is 1. The van der Waals surface area contributed by atoms with Gasteiger partial charge in [-0.25, -0.2) is 13.8 Å². The average molecular weight is 268 g/mol. The molecule has 0 spiro atoms. The van der Waals surface area contributed by atoms with Crippen molar-refractivity contribution in [1.82, 2.24) is 4.98 Å². The third-order valence-electron chi connectivity index (χ3n) is 2.61. The van der Waals surface area contributed by atoms with E-state index in [1.54, 1.807) is 0 Å². The molecule has 5 heteroatoms. The molecule has 0 atom stereocenters. The molecule has 0 aliphatic carbocycles. The molecular formula is C13H14F2N2S. The lowest BCUT2D eigenvalue weighted by atomic mass is 10.2. The smallest absolute Gasteiger partial charge is 0.136 e. The van der Waals surface area contributed by atoms with E-state index in [0.29, 0.717) is 17.1 Å². The largest absolute Gasteiger partial charge is 0.326 e. The minimum absolute atomic E-state index is 0.332. The van der Waals surface area contributed by atoms with Crippen LogP contribution in [0.5, 0.6) is 0 Å². The van der Waals surface area contributed by atoms with Gasteiger partial charge < -0.3 is 5.73 Å². The van der Waals surface area contributed by atoms with Crippen molar-refractivity contribution in [2.45, 2.75) is 26.3 Å². The molecule has 0 aliphatic rings. The first-order chi connectivity index (χ1) is 8.65. The summed E-state index contributed by atoms with van der Waals surface area (Å²) in [7, 11) is 0. The lowest BCUT2D eigenvalue weighted by Crippen LogP contribution is -1.97. The van der Waals surface area contributed by atoms with Crippen LogP contribution in [0.1, 0.15) is 23.9 Å². The van der Waals surface area contributed by atoms with E-state index in [4.69, 9.17) is 5.73 Å². The topological polar surface area (TPSA) is 38.9 Å². The minimum atomic E-state index is -0.588. The Balaban J connectivity index is 2.44. The first-order valence-electron chi connectivity index (χ1n) is 5.79. The number of rotatable bonds is 4. The van der Waals surface area contributed by atoms with Gasteiger partial charge in [-0.05, 0) is 18.6 Å². The fourth-order valence-corrected chi connectivity index (χ4v) is 2.77. The predicted octanol–water partition coefficient (Wildman–Crippen LogP) is 3.50. The maximum Gasteiger partial charge on any atom is 0.136 e. The van der Waals surface area contributed by atoms with E-state index in [1.807, 2.05) is 0 Å². The molecule has 2 rings (SSSR count). The van der Waals surface area contributed by atoms with Crippen molar-refractivity contribution in [1.29, 1.82) is 0 Å². The van der Waals surface area contributed by atoms with E-state index in [9.17, 15) is 8.78 Å². The predicted molar refractivity (Wildman–Crippen MR) is 69.4 cm³/mol. The van der Waals surface area contributed by atoms with E-state index >= 15 is 0 Å². The molecule has 0 aliphatic heterocycles. The monoisotopic (exact) mass is 268 g/mol. The number of benzene rings is 1. The molecule has 2 nitrogen and oxygen atoms in total. The van der Waals surface area contributed by atoms with Crippen LogP contribution in [0.2, 0.25) is 0 Å². The van der Waals surface area contributed by atoms with Crippen LogP contribution < -0.4 is 5.73 Å². The summed E-state index contributed by atoms with van der Waals surface area (Å²) in [4.78, 5) is 5.38. The van der Waals surface area contributed by atoms with Gasteiger partial charge in [-0.3, -0.25) is 0 Å². The summed E-state index contributed by atoms with van der Waals surface area (Å²) in [5, 5.41) is 0.566. The molecule has 0 unspecified atom stereocenters. The van der Waals surface area contributed by atoms with E-state index in [1.165, 1.54) is 23.5 Å². The highest BCUT2D eigenvalue weighted by atomic mass is 32.1. The SMILES string of the molecule is CCCc1nc(-c2ccc(F)cc2F)sc1CN. The van der Waals surface area contributed by atoms with Gasteiger partial charge in [-0.15, -0.1) is 11.3 Å². The lowest BCUT2D eigenvalue weighted by Gasteiger charge is -1.98. The Bertz CT molecular complexity index is 552. The highest BCUT2D eigenvalue weighted by molar-refractivity contribution is 7.15. The molecule has 0 saturated carbocycles. The Morgan fingerprint density at radius 1 is 1.33 bits per heavy atom. The Morgan fingerprint density at radius 3 is 2.72 bits per heavy atom. The Kier molecular flexibility index (Phi) is 4.04. The Morgan fingerprint density at radius 2 is 2.11 bits per heavy atom. The van der Waals surface area contributed by atoms with Gasteiger partial charge in [0.2, 0.25) is 0 Å². The van der Waals surface area contributed by atoms with Gasteiger partial charge in [-0.2, -0.15) is 0 Å². The van der Waals surface area contributed by atoms with Gasteiger partial charge in [0.25, 0.3) is 0 Å². The van der Waals surface area contributed by atoms with Gasteiger partial charge in [0.05, 0.1) is 5.69 Å². The molecule has 2 aromatic rings. The average Bonchev–Trinajstić information content (AvgIpc) is 2.72. The third kappa shape index (κ3) is 2.57. The number of aryl methyl sites for hydroxylation is 1. The van der Waals surface area contributed by atoms with E-state index in [-0.39, 0.29) is 0 Å². The van der Waals surface area contributed by atoms with Crippen molar-refractivity contribution in [3.8, 4) is 10.6 Å². The lowest BCUT2D eigenvalue weighted by molar-refractivity contribution is 0.585.